The van der Waals surface area contributed by atoms with Crippen molar-refractivity contribution in [2.24, 2.45) is 5.92 Å². The molecular weight excluding hydrogens is 509 g/mol. The van der Waals surface area contributed by atoms with Gasteiger partial charge in [-0.3, -0.25) is 9.78 Å². The second-order valence-corrected chi connectivity index (χ2v) is 10.8. The summed E-state index contributed by atoms with van der Waals surface area (Å²) >= 11 is 0. The van der Waals surface area contributed by atoms with Crippen molar-refractivity contribution in [3.05, 3.63) is 76.6 Å². The number of benzene rings is 2. The Balaban J connectivity index is 1.54. The molecule has 0 spiro atoms. The van der Waals surface area contributed by atoms with Crippen LogP contribution < -0.4 is 10.1 Å². The lowest BCUT2D eigenvalue weighted by molar-refractivity contribution is -0.139. The average Bonchev–Trinajstić information content (AvgIpc) is 3.63. The first kappa shape index (κ1) is 28.4. The van der Waals surface area contributed by atoms with E-state index in [0.29, 0.717) is 46.5 Å². The number of pyridine rings is 1. The lowest BCUT2D eigenvalue weighted by atomic mass is 9.90. The highest BCUT2D eigenvalue weighted by Crippen LogP contribution is 2.47. The van der Waals surface area contributed by atoms with Gasteiger partial charge in [-0.05, 0) is 98.3 Å². The number of anilines is 1. The fourth-order valence-corrected chi connectivity index (χ4v) is 4.73. The van der Waals surface area contributed by atoms with Gasteiger partial charge in [-0.2, -0.15) is 13.2 Å². The van der Waals surface area contributed by atoms with E-state index in [9.17, 15) is 23.1 Å². The van der Waals surface area contributed by atoms with Crippen LogP contribution in [0.2, 0.25) is 0 Å². The zero-order valence-corrected chi connectivity index (χ0v) is 22.4. The number of ether oxygens (including phenoxy) is 1. The van der Waals surface area contributed by atoms with Crippen LogP contribution in [0.4, 0.5) is 18.9 Å². The standard InChI is InChI=1S/C30H33F3N2O4/c1-17-11-21(39-10-9-29(3,4)38)12-18(2)27(17)24-13-19(5-7-25(24)30(31,32)33)15-34-20-6-8-26(35-16-20)22-14-23(22)28(36)37/h5-8,11-13,16,22-23,34,38H,9-10,14-15H2,1-4H3,(H,36,37)/t22-,23-/m0/s1. The summed E-state index contributed by atoms with van der Waals surface area (Å²) in [6.45, 7) is 7.46. The lowest BCUT2D eigenvalue weighted by Gasteiger charge is -2.20. The molecule has 0 aliphatic heterocycles. The zero-order valence-electron chi connectivity index (χ0n) is 22.4. The molecule has 1 saturated carbocycles. The molecule has 1 aliphatic rings. The number of rotatable bonds is 10. The maximum absolute atomic E-state index is 14.0. The van der Waals surface area contributed by atoms with E-state index in [0.717, 1.165) is 11.8 Å². The summed E-state index contributed by atoms with van der Waals surface area (Å²) in [5.41, 5.74) is 2.40. The van der Waals surface area contributed by atoms with E-state index in [-0.39, 0.29) is 30.6 Å². The van der Waals surface area contributed by atoms with E-state index in [2.05, 4.69) is 10.3 Å². The van der Waals surface area contributed by atoms with Gasteiger partial charge in [0.05, 0.1) is 35.6 Å². The smallest absolute Gasteiger partial charge is 0.417 e. The van der Waals surface area contributed by atoms with E-state index < -0.39 is 23.3 Å². The summed E-state index contributed by atoms with van der Waals surface area (Å²) in [6, 6.07) is 11.2. The van der Waals surface area contributed by atoms with Gasteiger partial charge >= 0.3 is 12.1 Å². The third kappa shape index (κ3) is 7.09. The summed E-state index contributed by atoms with van der Waals surface area (Å²) in [5.74, 6) is -0.734. The maximum Gasteiger partial charge on any atom is 0.417 e. The Morgan fingerprint density at radius 2 is 1.79 bits per heavy atom. The number of hydrogen-bond acceptors (Lipinski definition) is 5. The van der Waals surface area contributed by atoms with Crippen LogP contribution in [-0.4, -0.2) is 33.4 Å². The minimum atomic E-state index is -4.53. The number of aliphatic hydroxyl groups is 1. The number of carboxylic acids is 1. The molecule has 39 heavy (non-hydrogen) atoms. The summed E-state index contributed by atoms with van der Waals surface area (Å²) in [5, 5.41) is 22.2. The first-order chi connectivity index (χ1) is 18.2. The van der Waals surface area contributed by atoms with Crippen LogP contribution in [0.5, 0.6) is 5.75 Å². The van der Waals surface area contributed by atoms with Gasteiger partial charge in [0, 0.05) is 24.6 Å². The van der Waals surface area contributed by atoms with Crippen molar-refractivity contribution in [3.63, 3.8) is 0 Å². The second-order valence-electron chi connectivity index (χ2n) is 10.8. The molecule has 9 heteroatoms. The number of nitrogens with zero attached hydrogens (tertiary/aromatic N) is 1. The zero-order chi connectivity index (χ0) is 28.5. The van der Waals surface area contributed by atoms with Crippen molar-refractivity contribution in [2.75, 3.05) is 11.9 Å². The van der Waals surface area contributed by atoms with Gasteiger partial charge in [0.2, 0.25) is 0 Å². The number of carboxylic acid groups (broad SMARTS) is 1. The summed E-state index contributed by atoms with van der Waals surface area (Å²) < 4.78 is 47.8. The first-order valence-corrected chi connectivity index (χ1v) is 12.8. The third-order valence-electron chi connectivity index (χ3n) is 6.92. The largest absolute Gasteiger partial charge is 0.493 e. The van der Waals surface area contributed by atoms with E-state index >= 15 is 0 Å². The molecule has 1 aromatic heterocycles. The molecule has 0 bridgehead atoms. The lowest BCUT2D eigenvalue weighted by Crippen LogP contribution is -2.21. The van der Waals surface area contributed by atoms with Crippen LogP contribution >= 0.6 is 0 Å². The second kappa shape index (κ2) is 10.9. The quantitative estimate of drug-likeness (QED) is 0.263. The van der Waals surface area contributed by atoms with Crippen LogP contribution in [-0.2, 0) is 17.5 Å². The van der Waals surface area contributed by atoms with Crippen molar-refractivity contribution in [3.8, 4) is 16.9 Å². The fraction of sp³-hybridized carbons (Fsp3) is 0.400. The molecule has 0 unspecified atom stereocenters. The Bertz CT molecular complexity index is 1320. The summed E-state index contributed by atoms with van der Waals surface area (Å²) in [4.78, 5) is 15.5. The van der Waals surface area contributed by atoms with Crippen molar-refractivity contribution < 1.29 is 32.9 Å². The fourth-order valence-electron chi connectivity index (χ4n) is 4.73. The molecule has 1 heterocycles. The van der Waals surface area contributed by atoms with Gasteiger partial charge in [-0.15, -0.1) is 0 Å². The molecule has 0 saturated heterocycles. The van der Waals surface area contributed by atoms with E-state index in [1.54, 1.807) is 64.2 Å². The minimum absolute atomic E-state index is 0.0705. The predicted molar refractivity (Wildman–Crippen MR) is 143 cm³/mol. The van der Waals surface area contributed by atoms with Crippen LogP contribution in [0.25, 0.3) is 11.1 Å². The Morgan fingerprint density at radius 1 is 1.10 bits per heavy atom. The molecule has 4 rings (SSSR count). The van der Waals surface area contributed by atoms with Crippen LogP contribution in [0.3, 0.4) is 0 Å². The third-order valence-corrected chi connectivity index (χ3v) is 6.92. The SMILES string of the molecule is Cc1cc(OCCC(C)(C)O)cc(C)c1-c1cc(CNc2ccc([C@H]3C[C@@H]3C(=O)O)nc2)ccc1C(F)(F)F. The maximum atomic E-state index is 14.0. The number of hydrogen-bond donors (Lipinski definition) is 3. The van der Waals surface area contributed by atoms with Crippen LogP contribution in [0.1, 0.15) is 60.6 Å². The van der Waals surface area contributed by atoms with Gasteiger partial charge < -0.3 is 20.3 Å². The highest BCUT2D eigenvalue weighted by Gasteiger charge is 2.45. The molecule has 3 N–H and O–H groups in total. The van der Waals surface area contributed by atoms with Gasteiger partial charge in [-0.1, -0.05) is 6.07 Å². The number of halogens is 3. The van der Waals surface area contributed by atoms with Crippen LogP contribution in [0, 0.1) is 19.8 Å². The van der Waals surface area contributed by atoms with Crippen molar-refractivity contribution in [1.82, 2.24) is 4.98 Å². The molecule has 6 nitrogen and oxygen atoms in total. The minimum Gasteiger partial charge on any atom is -0.493 e. The Hall–Kier alpha value is -3.59. The number of aliphatic carboxylic acids is 1. The van der Waals surface area contributed by atoms with Gasteiger partial charge in [0.25, 0.3) is 0 Å². The molecule has 1 aliphatic carbocycles. The number of aromatic nitrogens is 1. The summed E-state index contributed by atoms with van der Waals surface area (Å²) in [7, 11) is 0. The molecule has 2 atom stereocenters. The van der Waals surface area contributed by atoms with E-state index in [1.165, 1.54) is 6.07 Å². The highest BCUT2D eigenvalue weighted by atomic mass is 19.4. The molecule has 0 radical (unpaired) electrons. The van der Waals surface area contributed by atoms with Gasteiger partial charge in [0.15, 0.2) is 0 Å². The van der Waals surface area contributed by atoms with Crippen molar-refractivity contribution in [1.29, 1.82) is 0 Å². The number of nitrogens with one attached hydrogen (secondary N) is 1. The van der Waals surface area contributed by atoms with Gasteiger partial charge in [0.1, 0.15) is 5.75 Å². The van der Waals surface area contributed by atoms with E-state index in [4.69, 9.17) is 9.84 Å². The molecule has 0 amide bonds. The first-order valence-electron chi connectivity index (χ1n) is 12.8. The predicted octanol–water partition coefficient (Wildman–Crippen LogP) is 6.72. The number of alkyl halides is 3. The molecule has 1 fully saturated rings. The van der Waals surface area contributed by atoms with Gasteiger partial charge in [-0.25, -0.2) is 0 Å². The van der Waals surface area contributed by atoms with Crippen LogP contribution in [0.15, 0.2) is 48.7 Å². The highest BCUT2D eigenvalue weighted by molar-refractivity contribution is 5.76. The number of aryl methyl sites for hydroxylation is 2. The molecular formula is C30H33F3N2O4. The van der Waals surface area contributed by atoms with Crippen molar-refractivity contribution >= 4 is 11.7 Å². The Morgan fingerprint density at radius 3 is 2.33 bits per heavy atom. The molecule has 3 aromatic rings. The molecule has 208 valence electrons. The normalized spacial score (nSPS) is 17.1. The van der Waals surface area contributed by atoms with E-state index in [1.807, 2.05) is 0 Å². The Kier molecular flexibility index (Phi) is 7.93. The molecule has 2 aromatic carbocycles. The summed E-state index contributed by atoms with van der Waals surface area (Å²) in [6.07, 6.45) is -1.92. The Labute approximate surface area is 225 Å². The number of carbonyl (C=O) groups is 1. The average molecular weight is 543 g/mol. The monoisotopic (exact) mass is 542 g/mol. The van der Waals surface area contributed by atoms with Crippen molar-refractivity contribution in [2.45, 2.75) is 64.8 Å². The topological polar surface area (TPSA) is 91.7 Å².